The van der Waals surface area contributed by atoms with E-state index in [-0.39, 0.29) is 11.2 Å². The zero-order chi connectivity index (χ0) is 13.8. The van der Waals surface area contributed by atoms with Crippen LogP contribution in [0.2, 0.25) is 0 Å². The second kappa shape index (κ2) is 6.10. The van der Waals surface area contributed by atoms with Crippen molar-refractivity contribution in [3.63, 3.8) is 0 Å². The highest BCUT2D eigenvalue weighted by Gasteiger charge is 2.29. The monoisotopic (exact) mass is 279 g/mol. The van der Waals surface area contributed by atoms with Gasteiger partial charge in [-0.1, -0.05) is 18.2 Å². The average Bonchev–Trinajstić information content (AvgIpc) is 2.82. The summed E-state index contributed by atoms with van der Waals surface area (Å²) in [4.78, 5) is 24.7. The number of amides is 1. The van der Waals surface area contributed by atoms with E-state index in [0.29, 0.717) is 13.0 Å². The summed E-state index contributed by atoms with van der Waals surface area (Å²) in [5.41, 5.74) is 1.19. The van der Waals surface area contributed by atoms with Gasteiger partial charge in [-0.25, -0.2) is 4.79 Å². The molecule has 5 heteroatoms. The van der Waals surface area contributed by atoms with Crippen molar-refractivity contribution in [3.05, 3.63) is 29.8 Å². The third-order valence-corrected chi connectivity index (χ3v) is 4.26. The second-order valence-corrected chi connectivity index (χ2v) is 5.65. The summed E-state index contributed by atoms with van der Waals surface area (Å²) in [7, 11) is 0. The number of nitrogens with one attached hydrogen (secondary N) is 1. The minimum Gasteiger partial charge on any atom is -0.464 e. The predicted octanol–water partition coefficient (Wildman–Crippen LogP) is 1.77. The van der Waals surface area contributed by atoms with Gasteiger partial charge in [0, 0.05) is 4.90 Å². The van der Waals surface area contributed by atoms with E-state index in [0.717, 1.165) is 4.90 Å². The molecule has 1 aliphatic rings. The smallest absolute Gasteiger partial charge is 0.328 e. The molecule has 1 N–H and O–H groups in total. The summed E-state index contributed by atoms with van der Waals surface area (Å²) < 4.78 is 4.87. The first kappa shape index (κ1) is 13.9. The number of rotatable bonds is 4. The highest BCUT2D eigenvalue weighted by Crippen LogP contribution is 2.36. The molecule has 1 aromatic rings. The number of ether oxygens (including phenoxy) is 1. The number of carbonyl (C=O) groups is 2. The first-order valence-corrected chi connectivity index (χ1v) is 7.21. The van der Waals surface area contributed by atoms with Gasteiger partial charge in [-0.3, -0.25) is 4.79 Å². The van der Waals surface area contributed by atoms with Gasteiger partial charge in [0.1, 0.15) is 6.04 Å². The molecule has 102 valence electrons. The van der Waals surface area contributed by atoms with Gasteiger partial charge < -0.3 is 10.1 Å². The minimum atomic E-state index is -0.600. The lowest BCUT2D eigenvalue weighted by molar-refractivity contribution is -0.146. The Balaban J connectivity index is 1.91. The number of thioether (sulfide) groups is 1. The van der Waals surface area contributed by atoms with E-state index in [9.17, 15) is 9.59 Å². The van der Waals surface area contributed by atoms with Crippen LogP contribution < -0.4 is 5.32 Å². The molecule has 0 bridgehead atoms. The highest BCUT2D eigenvalue weighted by atomic mass is 32.2. The molecule has 1 amide bonds. The molecule has 1 aromatic carbocycles. The molecular weight excluding hydrogens is 262 g/mol. The van der Waals surface area contributed by atoms with E-state index in [4.69, 9.17) is 4.74 Å². The average molecular weight is 279 g/mol. The molecule has 1 aliphatic heterocycles. The maximum absolute atomic E-state index is 12.1. The van der Waals surface area contributed by atoms with Crippen molar-refractivity contribution >= 4 is 23.6 Å². The van der Waals surface area contributed by atoms with E-state index >= 15 is 0 Å². The molecule has 0 radical (unpaired) electrons. The lowest BCUT2D eigenvalue weighted by Crippen LogP contribution is -2.43. The van der Waals surface area contributed by atoms with Gasteiger partial charge in [-0.15, -0.1) is 11.8 Å². The molecule has 2 atom stereocenters. The van der Waals surface area contributed by atoms with Crippen molar-refractivity contribution in [1.82, 2.24) is 5.32 Å². The van der Waals surface area contributed by atoms with Crippen LogP contribution in [0.5, 0.6) is 0 Å². The third kappa shape index (κ3) is 3.29. The standard InChI is InChI=1S/C14H17NO3S/c1-3-18-14(17)9(2)15-13(16)12-8-10-6-4-5-7-11(10)19-12/h4-7,9,12H,3,8H2,1-2H3,(H,15,16)/t9-,12-/m1/s1. The number of esters is 1. The van der Waals surface area contributed by atoms with Crippen LogP contribution in [0.3, 0.4) is 0 Å². The van der Waals surface area contributed by atoms with Gasteiger partial charge in [-0.2, -0.15) is 0 Å². The van der Waals surface area contributed by atoms with Crippen LogP contribution in [-0.2, 0) is 20.7 Å². The SMILES string of the molecule is CCOC(=O)[C@@H](C)NC(=O)[C@H]1Cc2ccccc2S1. The first-order valence-electron chi connectivity index (χ1n) is 6.33. The van der Waals surface area contributed by atoms with Crippen molar-refractivity contribution in [2.45, 2.75) is 36.5 Å². The van der Waals surface area contributed by atoms with Gasteiger partial charge in [0.25, 0.3) is 0 Å². The van der Waals surface area contributed by atoms with E-state index in [2.05, 4.69) is 5.32 Å². The van der Waals surface area contributed by atoms with E-state index in [1.54, 1.807) is 25.6 Å². The quantitative estimate of drug-likeness (QED) is 0.854. The van der Waals surface area contributed by atoms with E-state index in [1.807, 2.05) is 24.3 Å². The molecule has 0 unspecified atom stereocenters. The van der Waals surface area contributed by atoms with E-state index < -0.39 is 12.0 Å². The summed E-state index contributed by atoms with van der Waals surface area (Å²) in [5.74, 6) is -0.502. The van der Waals surface area contributed by atoms with Crippen molar-refractivity contribution in [2.75, 3.05) is 6.61 Å². The van der Waals surface area contributed by atoms with Crippen LogP contribution in [0.1, 0.15) is 19.4 Å². The molecule has 0 saturated carbocycles. The van der Waals surface area contributed by atoms with Crippen molar-refractivity contribution < 1.29 is 14.3 Å². The van der Waals surface area contributed by atoms with Crippen molar-refractivity contribution in [2.24, 2.45) is 0 Å². The number of fused-ring (bicyclic) bond motifs is 1. The maximum Gasteiger partial charge on any atom is 0.328 e. The Morgan fingerprint density at radius 3 is 2.89 bits per heavy atom. The highest BCUT2D eigenvalue weighted by molar-refractivity contribution is 8.01. The second-order valence-electron chi connectivity index (χ2n) is 4.40. The topological polar surface area (TPSA) is 55.4 Å². The Kier molecular flexibility index (Phi) is 4.47. The molecule has 2 rings (SSSR count). The zero-order valence-electron chi connectivity index (χ0n) is 11.0. The van der Waals surface area contributed by atoms with Crippen LogP contribution in [0.4, 0.5) is 0 Å². The maximum atomic E-state index is 12.1. The van der Waals surface area contributed by atoms with Crippen LogP contribution in [0.15, 0.2) is 29.2 Å². The first-order chi connectivity index (χ1) is 9.11. The van der Waals surface area contributed by atoms with Gasteiger partial charge >= 0.3 is 5.97 Å². The fourth-order valence-electron chi connectivity index (χ4n) is 1.96. The van der Waals surface area contributed by atoms with Gasteiger partial charge in [0.15, 0.2) is 0 Å². The largest absolute Gasteiger partial charge is 0.464 e. The molecule has 0 spiro atoms. The van der Waals surface area contributed by atoms with Crippen LogP contribution in [0.25, 0.3) is 0 Å². The predicted molar refractivity (Wildman–Crippen MR) is 74.0 cm³/mol. The summed E-state index contributed by atoms with van der Waals surface area (Å²) >= 11 is 1.55. The molecule has 4 nitrogen and oxygen atoms in total. The Bertz CT molecular complexity index is 464. The molecule has 0 aromatic heterocycles. The lowest BCUT2D eigenvalue weighted by atomic mass is 10.1. The van der Waals surface area contributed by atoms with Crippen LogP contribution >= 0.6 is 11.8 Å². The zero-order valence-corrected chi connectivity index (χ0v) is 11.8. The summed E-state index contributed by atoms with van der Waals surface area (Å²) in [5, 5.41) is 2.55. The third-order valence-electron chi connectivity index (χ3n) is 2.94. The van der Waals surface area contributed by atoms with Gasteiger partial charge in [-0.05, 0) is 31.9 Å². The van der Waals surface area contributed by atoms with Gasteiger partial charge in [0.05, 0.1) is 11.9 Å². The van der Waals surface area contributed by atoms with E-state index in [1.165, 1.54) is 5.56 Å². The van der Waals surface area contributed by atoms with Crippen molar-refractivity contribution in [1.29, 1.82) is 0 Å². The Labute approximate surface area is 116 Å². The molecule has 1 heterocycles. The Morgan fingerprint density at radius 1 is 1.47 bits per heavy atom. The van der Waals surface area contributed by atoms with Gasteiger partial charge in [0.2, 0.25) is 5.91 Å². The normalized spacial score (nSPS) is 18.5. The Hall–Kier alpha value is -1.49. The molecule has 0 fully saturated rings. The summed E-state index contributed by atoms with van der Waals surface area (Å²) in [6, 6.07) is 7.39. The molecule has 0 aliphatic carbocycles. The summed E-state index contributed by atoms with van der Waals surface area (Å²) in [6.45, 7) is 3.71. The fourth-order valence-corrected chi connectivity index (χ4v) is 3.17. The van der Waals surface area contributed by atoms with Crippen LogP contribution in [-0.4, -0.2) is 29.8 Å². The summed E-state index contributed by atoms with van der Waals surface area (Å²) in [6.07, 6.45) is 0.711. The molecule has 0 saturated heterocycles. The Morgan fingerprint density at radius 2 is 2.21 bits per heavy atom. The molecular formula is C14H17NO3S. The van der Waals surface area contributed by atoms with Crippen LogP contribution in [0, 0.1) is 0 Å². The van der Waals surface area contributed by atoms with Crippen molar-refractivity contribution in [3.8, 4) is 0 Å². The fraction of sp³-hybridized carbons (Fsp3) is 0.429. The lowest BCUT2D eigenvalue weighted by Gasteiger charge is -2.15. The number of carbonyl (C=O) groups excluding carboxylic acids is 2. The number of hydrogen-bond acceptors (Lipinski definition) is 4. The number of hydrogen-bond donors (Lipinski definition) is 1. The minimum absolute atomic E-state index is 0.109. The molecule has 19 heavy (non-hydrogen) atoms. The number of benzene rings is 1.